The third-order valence-corrected chi connectivity index (χ3v) is 5.94. The van der Waals surface area contributed by atoms with Crippen LogP contribution in [0.2, 0.25) is 0 Å². The zero-order valence-electron chi connectivity index (χ0n) is 15.4. The lowest BCUT2D eigenvalue weighted by Gasteiger charge is -2.33. The van der Waals surface area contributed by atoms with Crippen LogP contribution in [0.15, 0.2) is 59.0 Å². The quantitative estimate of drug-likeness (QED) is 0.696. The number of nitrogens with zero attached hydrogens (tertiary/aromatic N) is 2. The Morgan fingerprint density at radius 1 is 1.00 bits per heavy atom. The van der Waals surface area contributed by atoms with Crippen molar-refractivity contribution < 1.29 is 9.21 Å². The summed E-state index contributed by atoms with van der Waals surface area (Å²) in [6.07, 6.45) is 2.28. The number of carbonyl (C=O) groups is 1. The van der Waals surface area contributed by atoms with E-state index >= 15 is 0 Å². The highest BCUT2D eigenvalue weighted by Gasteiger charge is 2.30. The second-order valence-corrected chi connectivity index (χ2v) is 7.81. The molecule has 2 aliphatic heterocycles. The first-order chi connectivity index (χ1) is 13.3. The Morgan fingerprint density at radius 3 is 2.59 bits per heavy atom. The summed E-state index contributed by atoms with van der Waals surface area (Å²) in [6, 6.07) is 18.3. The molecule has 0 atom stereocenters. The van der Waals surface area contributed by atoms with Gasteiger partial charge >= 0.3 is 0 Å². The smallest absolute Gasteiger partial charge is 0.254 e. The number of carbonyl (C=O) groups excluding carboxylic acids is 1. The van der Waals surface area contributed by atoms with Gasteiger partial charge in [-0.1, -0.05) is 36.4 Å². The van der Waals surface area contributed by atoms with Crippen LogP contribution in [0.5, 0.6) is 0 Å². The molecule has 0 bridgehead atoms. The summed E-state index contributed by atoms with van der Waals surface area (Å²) in [4.78, 5) is 17.1. The number of para-hydroxylation sites is 1. The van der Waals surface area contributed by atoms with Crippen LogP contribution in [0.25, 0.3) is 11.0 Å². The minimum Gasteiger partial charge on any atom is -0.460 e. The highest BCUT2D eigenvalue weighted by molar-refractivity contribution is 5.98. The maximum atomic E-state index is 12.6. The van der Waals surface area contributed by atoms with Crippen LogP contribution in [0.3, 0.4) is 0 Å². The maximum absolute atomic E-state index is 12.6. The molecule has 0 unspecified atom stereocenters. The van der Waals surface area contributed by atoms with E-state index in [1.54, 1.807) is 0 Å². The molecule has 0 saturated carbocycles. The van der Waals surface area contributed by atoms with Crippen molar-refractivity contribution in [2.45, 2.75) is 25.9 Å². The Balaban J connectivity index is 1.16. The van der Waals surface area contributed by atoms with Crippen LogP contribution in [-0.2, 0) is 13.1 Å². The van der Waals surface area contributed by atoms with E-state index in [0.29, 0.717) is 5.92 Å². The first-order valence-corrected chi connectivity index (χ1v) is 9.83. The van der Waals surface area contributed by atoms with Gasteiger partial charge in [-0.2, -0.15) is 0 Å². The summed E-state index contributed by atoms with van der Waals surface area (Å²) in [5.41, 5.74) is 3.03. The van der Waals surface area contributed by atoms with E-state index < -0.39 is 0 Å². The summed E-state index contributed by atoms with van der Waals surface area (Å²) in [6.45, 7) is 4.66. The van der Waals surface area contributed by atoms with Gasteiger partial charge in [0.2, 0.25) is 0 Å². The van der Waals surface area contributed by atoms with Crippen LogP contribution < -0.4 is 0 Å². The Morgan fingerprint density at radius 2 is 1.78 bits per heavy atom. The Hall–Kier alpha value is -2.59. The van der Waals surface area contributed by atoms with E-state index in [4.69, 9.17) is 4.42 Å². The lowest BCUT2D eigenvalue weighted by Crippen LogP contribution is -2.38. The lowest BCUT2D eigenvalue weighted by atomic mass is 9.96. The van der Waals surface area contributed by atoms with Gasteiger partial charge in [0, 0.05) is 24.0 Å². The monoisotopic (exact) mass is 360 g/mol. The molecule has 1 saturated heterocycles. The number of hydrogen-bond acceptors (Lipinski definition) is 3. The second-order valence-electron chi connectivity index (χ2n) is 7.81. The number of amides is 1. The van der Waals surface area contributed by atoms with Crippen molar-refractivity contribution in [2.24, 2.45) is 5.92 Å². The average molecular weight is 360 g/mol. The molecular weight excluding hydrogens is 336 g/mol. The zero-order chi connectivity index (χ0) is 18.2. The summed E-state index contributed by atoms with van der Waals surface area (Å²) >= 11 is 0. The molecule has 0 N–H and O–H groups in total. The number of likely N-dealkylation sites (tertiary alicyclic amines) is 1. The molecule has 2 aromatic carbocycles. The molecule has 1 amide bonds. The highest BCUT2D eigenvalue weighted by atomic mass is 16.3. The molecule has 1 fully saturated rings. The number of piperidine rings is 1. The molecule has 138 valence electrons. The molecule has 3 heterocycles. The van der Waals surface area contributed by atoms with E-state index in [9.17, 15) is 4.79 Å². The summed E-state index contributed by atoms with van der Waals surface area (Å²) in [5.74, 6) is 1.84. The SMILES string of the molecule is O=C1c2ccccc2CN1CC1CCN(Cc2cc3ccccc3o2)CC1. The van der Waals surface area contributed by atoms with Gasteiger partial charge in [0.1, 0.15) is 11.3 Å². The fourth-order valence-corrected chi connectivity index (χ4v) is 4.44. The lowest BCUT2D eigenvalue weighted by molar-refractivity contribution is 0.0709. The highest BCUT2D eigenvalue weighted by Crippen LogP contribution is 2.27. The van der Waals surface area contributed by atoms with E-state index in [2.05, 4.69) is 23.1 Å². The summed E-state index contributed by atoms with van der Waals surface area (Å²) in [5, 5.41) is 1.18. The van der Waals surface area contributed by atoms with E-state index in [-0.39, 0.29) is 5.91 Å². The molecule has 4 nitrogen and oxygen atoms in total. The van der Waals surface area contributed by atoms with Crippen LogP contribution in [0.4, 0.5) is 0 Å². The average Bonchev–Trinajstić information content (AvgIpc) is 3.24. The molecule has 4 heteroatoms. The Labute approximate surface area is 159 Å². The van der Waals surface area contributed by atoms with Crippen LogP contribution in [0.1, 0.15) is 34.5 Å². The van der Waals surface area contributed by atoms with Gasteiger partial charge in [0.15, 0.2) is 0 Å². The van der Waals surface area contributed by atoms with Crippen molar-refractivity contribution in [3.8, 4) is 0 Å². The number of rotatable bonds is 4. The van der Waals surface area contributed by atoms with Crippen molar-refractivity contribution in [1.82, 2.24) is 9.80 Å². The topological polar surface area (TPSA) is 36.7 Å². The number of hydrogen-bond donors (Lipinski definition) is 0. The van der Waals surface area contributed by atoms with Gasteiger partial charge in [-0.05, 0) is 55.6 Å². The minimum atomic E-state index is 0.204. The van der Waals surface area contributed by atoms with E-state index in [1.165, 1.54) is 10.9 Å². The van der Waals surface area contributed by atoms with Crippen molar-refractivity contribution in [3.63, 3.8) is 0 Å². The first-order valence-electron chi connectivity index (χ1n) is 9.83. The molecule has 2 aliphatic rings. The van der Waals surface area contributed by atoms with Gasteiger partial charge in [-0.3, -0.25) is 9.69 Å². The standard InChI is InChI=1S/C23H24N2O2/c26-23-21-7-3-1-6-19(21)15-25(23)14-17-9-11-24(12-10-17)16-20-13-18-5-2-4-8-22(18)27-20/h1-8,13,17H,9-12,14-16H2. The fourth-order valence-electron chi connectivity index (χ4n) is 4.44. The van der Waals surface area contributed by atoms with E-state index in [0.717, 1.165) is 62.5 Å². The van der Waals surface area contributed by atoms with Gasteiger partial charge in [-0.25, -0.2) is 0 Å². The molecule has 0 radical (unpaired) electrons. The van der Waals surface area contributed by atoms with Gasteiger partial charge in [0.25, 0.3) is 5.91 Å². The van der Waals surface area contributed by atoms with Gasteiger partial charge in [-0.15, -0.1) is 0 Å². The third-order valence-electron chi connectivity index (χ3n) is 5.94. The molecule has 0 spiro atoms. The van der Waals surface area contributed by atoms with Crippen molar-refractivity contribution in [2.75, 3.05) is 19.6 Å². The van der Waals surface area contributed by atoms with Crippen LogP contribution >= 0.6 is 0 Å². The normalized spacial score (nSPS) is 18.4. The van der Waals surface area contributed by atoms with E-state index in [1.807, 2.05) is 41.3 Å². The summed E-state index contributed by atoms with van der Waals surface area (Å²) in [7, 11) is 0. The molecular formula is C23H24N2O2. The molecule has 0 aliphatic carbocycles. The van der Waals surface area contributed by atoms with Gasteiger partial charge < -0.3 is 9.32 Å². The fraction of sp³-hybridized carbons (Fsp3) is 0.348. The largest absolute Gasteiger partial charge is 0.460 e. The zero-order valence-corrected chi connectivity index (χ0v) is 15.4. The molecule has 3 aromatic rings. The number of fused-ring (bicyclic) bond motifs is 2. The molecule has 27 heavy (non-hydrogen) atoms. The summed E-state index contributed by atoms with van der Waals surface area (Å²) < 4.78 is 5.96. The van der Waals surface area contributed by atoms with Crippen molar-refractivity contribution in [3.05, 3.63) is 71.5 Å². The van der Waals surface area contributed by atoms with Crippen LogP contribution in [-0.4, -0.2) is 35.3 Å². The number of furan rings is 1. The predicted octanol–water partition coefficient (Wildman–Crippen LogP) is 4.30. The van der Waals surface area contributed by atoms with Crippen molar-refractivity contribution >= 4 is 16.9 Å². The van der Waals surface area contributed by atoms with Crippen molar-refractivity contribution in [1.29, 1.82) is 0 Å². The third kappa shape index (κ3) is 3.26. The van der Waals surface area contributed by atoms with Crippen LogP contribution in [0, 0.1) is 5.92 Å². The molecule has 5 rings (SSSR count). The Kier molecular flexibility index (Phi) is 4.21. The number of benzene rings is 2. The maximum Gasteiger partial charge on any atom is 0.254 e. The molecule has 1 aromatic heterocycles. The van der Waals surface area contributed by atoms with Gasteiger partial charge in [0.05, 0.1) is 6.54 Å². The Bertz CT molecular complexity index is 936. The second kappa shape index (κ2) is 6.86. The predicted molar refractivity (Wildman–Crippen MR) is 105 cm³/mol. The first kappa shape index (κ1) is 16.6. The minimum absolute atomic E-state index is 0.204.